The lowest BCUT2D eigenvalue weighted by molar-refractivity contribution is -0.0498. The molecule has 0 saturated carbocycles. The minimum Gasteiger partial charge on any atom is -0.497 e. The van der Waals surface area contributed by atoms with Gasteiger partial charge in [0, 0.05) is 11.1 Å². The predicted molar refractivity (Wildman–Crippen MR) is 86.7 cm³/mol. The molecule has 2 aromatic carbocycles. The number of benzene rings is 2. The van der Waals surface area contributed by atoms with Gasteiger partial charge in [-0.15, -0.1) is 0 Å². The molecule has 0 amide bonds. The fourth-order valence-corrected chi connectivity index (χ4v) is 2.77. The highest BCUT2D eigenvalue weighted by molar-refractivity contribution is 6.13. The number of carbonyl (C=O) groups excluding carboxylic acids is 1. The van der Waals surface area contributed by atoms with Crippen molar-refractivity contribution in [1.82, 2.24) is 0 Å². The van der Waals surface area contributed by atoms with Crippen LogP contribution in [0.4, 0.5) is 8.78 Å². The number of carbonyl (C=O) groups is 1. The minimum atomic E-state index is -2.84. The Morgan fingerprint density at radius 2 is 1.75 bits per heavy atom. The molecule has 0 heterocycles. The number of methoxy groups -OCH3 is 1. The van der Waals surface area contributed by atoms with Crippen molar-refractivity contribution in [2.45, 2.75) is 19.5 Å². The summed E-state index contributed by atoms with van der Waals surface area (Å²) >= 11 is 0. The fraction of sp³-hybridized carbons (Fsp3) is 0.211. The van der Waals surface area contributed by atoms with Crippen LogP contribution in [0.1, 0.15) is 27.9 Å². The highest BCUT2D eigenvalue weighted by Gasteiger charge is 2.22. The van der Waals surface area contributed by atoms with Gasteiger partial charge in [0.15, 0.2) is 5.78 Å². The Labute approximate surface area is 138 Å². The van der Waals surface area contributed by atoms with Crippen molar-refractivity contribution in [3.8, 4) is 11.5 Å². The first-order valence-electron chi connectivity index (χ1n) is 7.54. The number of ether oxygens (including phenoxy) is 2. The SMILES string of the molecule is COc1ccc2c(c1)CCC(=Cc1ccc(OC(F)F)cc1)C2=O. The zero-order valence-corrected chi connectivity index (χ0v) is 13.1. The lowest BCUT2D eigenvalue weighted by Crippen LogP contribution is -2.14. The highest BCUT2D eigenvalue weighted by atomic mass is 19.3. The summed E-state index contributed by atoms with van der Waals surface area (Å²) in [5.41, 5.74) is 3.15. The second kappa shape index (κ2) is 6.83. The monoisotopic (exact) mass is 330 g/mol. The van der Waals surface area contributed by atoms with Gasteiger partial charge in [0.2, 0.25) is 0 Å². The molecule has 2 aromatic rings. The lowest BCUT2D eigenvalue weighted by Gasteiger charge is -2.18. The van der Waals surface area contributed by atoms with Gasteiger partial charge in [-0.05, 0) is 60.4 Å². The first kappa shape index (κ1) is 16.2. The zero-order valence-electron chi connectivity index (χ0n) is 13.1. The molecule has 0 radical (unpaired) electrons. The third-order valence-corrected chi connectivity index (χ3v) is 3.96. The van der Waals surface area contributed by atoms with Crippen LogP contribution in [-0.2, 0) is 6.42 Å². The Morgan fingerprint density at radius 3 is 2.42 bits per heavy atom. The quantitative estimate of drug-likeness (QED) is 0.774. The summed E-state index contributed by atoms with van der Waals surface area (Å²) in [5, 5.41) is 0. The van der Waals surface area contributed by atoms with E-state index in [-0.39, 0.29) is 11.5 Å². The second-order valence-electron chi connectivity index (χ2n) is 5.47. The van der Waals surface area contributed by atoms with Crippen LogP contribution in [0.2, 0.25) is 0 Å². The third-order valence-electron chi connectivity index (χ3n) is 3.96. The Kier molecular flexibility index (Phi) is 4.60. The smallest absolute Gasteiger partial charge is 0.387 e. The summed E-state index contributed by atoms with van der Waals surface area (Å²) in [6.45, 7) is -2.84. The van der Waals surface area contributed by atoms with E-state index in [0.29, 0.717) is 17.6 Å². The molecule has 3 nitrogen and oxygen atoms in total. The van der Waals surface area contributed by atoms with Gasteiger partial charge in [0.25, 0.3) is 0 Å². The molecule has 0 atom stereocenters. The van der Waals surface area contributed by atoms with Crippen molar-refractivity contribution in [1.29, 1.82) is 0 Å². The number of hydrogen-bond acceptors (Lipinski definition) is 3. The van der Waals surface area contributed by atoms with Crippen molar-refractivity contribution in [2.24, 2.45) is 0 Å². The molecule has 0 bridgehead atoms. The number of aryl methyl sites for hydroxylation is 1. The van der Waals surface area contributed by atoms with Crippen molar-refractivity contribution >= 4 is 11.9 Å². The Morgan fingerprint density at radius 1 is 1.04 bits per heavy atom. The van der Waals surface area contributed by atoms with Crippen molar-refractivity contribution in [2.75, 3.05) is 7.11 Å². The molecule has 0 fully saturated rings. The van der Waals surface area contributed by atoms with Crippen LogP contribution in [0, 0.1) is 0 Å². The Balaban J connectivity index is 1.82. The van der Waals surface area contributed by atoms with Gasteiger partial charge in [0.05, 0.1) is 7.11 Å². The summed E-state index contributed by atoms with van der Waals surface area (Å²) in [6.07, 6.45) is 3.19. The van der Waals surface area contributed by atoms with Crippen molar-refractivity contribution in [3.05, 3.63) is 64.7 Å². The number of fused-ring (bicyclic) bond motifs is 1. The summed E-state index contributed by atoms with van der Waals surface area (Å²) in [4.78, 5) is 12.6. The topological polar surface area (TPSA) is 35.5 Å². The van der Waals surface area contributed by atoms with Crippen molar-refractivity contribution in [3.63, 3.8) is 0 Å². The van der Waals surface area contributed by atoms with Gasteiger partial charge in [-0.25, -0.2) is 0 Å². The van der Waals surface area contributed by atoms with Gasteiger partial charge in [-0.2, -0.15) is 8.78 Å². The Bertz CT molecular complexity index is 780. The van der Waals surface area contributed by atoms with Gasteiger partial charge in [0.1, 0.15) is 11.5 Å². The average molecular weight is 330 g/mol. The molecule has 0 N–H and O–H groups in total. The maximum atomic E-state index is 12.6. The molecule has 0 aliphatic heterocycles. The second-order valence-corrected chi connectivity index (χ2v) is 5.47. The van der Waals surface area contributed by atoms with Gasteiger partial charge in [-0.3, -0.25) is 4.79 Å². The molecule has 24 heavy (non-hydrogen) atoms. The maximum Gasteiger partial charge on any atom is 0.387 e. The van der Waals surface area contributed by atoms with E-state index in [1.165, 1.54) is 12.1 Å². The predicted octanol–water partition coefficient (Wildman–Crippen LogP) is 4.51. The molecule has 0 saturated heterocycles. The van der Waals surface area contributed by atoms with E-state index in [1.807, 2.05) is 6.07 Å². The normalized spacial score (nSPS) is 15.5. The largest absolute Gasteiger partial charge is 0.497 e. The molecule has 0 spiro atoms. The van der Waals surface area contributed by atoms with E-state index >= 15 is 0 Å². The summed E-state index contributed by atoms with van der Waals surface area (Å²) in [6, 6.07) is 11.7. The van der Waals surface area contributed by atoms with E-state index in [4.69, 9.17) is 4.74 Å². The highest BCUT2D eigenvalue weighted by Crippen LogP contribution is 2.29. The summed E-state index contributed by atoms with van der Waals surface area (Å²) in [7, 11) is 1.60. The molecule has 124 valence electrons. The van der Waals surface area contributed by atoms with E-state index in [9.17, 15) is 13.6 Å². The van der Waals surface area contributed by atoms with Crippen LogP contribution < -0.4 is 9.47 Å². The summed E-state index contributed by atoms with van der Waals surface area (Å²) < 4.78 is 33.8. The van der Waals surface area contributed by atoms with E-state index in [2.05, 4.69) is 4.74 Å². The van der Waals surface area contributed by atoms with Crippen LogP contribution in [0.15, 0.2) is 48.0 Å². The van der Waals surface area contributed by atoms with Gasteiger partial charge < -0.3 is 9.47 Å². The number of rotatable bonds is 4. The van der Waals surface area contributed by atoms with Crippen LogP contribution >= 0.6 is 0 Å². The maximum absolute atomic E-state index is 12.6. The molecule has 0 unspecified atom stereocenters. The van der Waals surface area contributed by atoms with Crippen molar-refractivity contribution < 1.29 is 23.0 Å². The van der Waals surface area contributed by atoms with E-state index in [0.717, 1.165) is 23.3 Å². The molecular formula is C19H16F2O3. The van der Waals surface area contributed by atoms with Gasteiger partial charge >= 0.3 is 6.61 Å². The number of halogens is 2. The molecule has 1 aliphatic rings. The third kappa shape index (κ3) is 3.45. The fourth-order valence-electron chi connectivity index (χ4n) is 2.77. The molecule has 1 aliphatic carbocycles. The zero-order chi connectivity index (χ0) is 17.1. The average Bonchev–Trinajstić information content (AvgIpc) is 2.58. The number of ketones is 1. The van der Waals surface area contributed by atoms with Gasteiger partial charge in [-0.1, -0.05) is 12.1 Å². The molecule has 3 rings (SSSR count). The molecule has 0 aromatic heterocycles. The number of alkyl halides is 2. The van der Waals surface area contributed by atoms with Crippen LogP contribution in [-0.4, -0.2) is 19.5 Å². The first-order chi connectivity index (χ1) is 11.6. The van der Waals surface area contributed by atoms with Crippen LogP contribution in [0.3, 0.4) is 0 Å². The molecular weight excluding hydrogens is 314 g/mol. The number of allylic oxidation sites excluding steroid dienone is 1. The van der Waals surface area contributed by atoms with Crippen LogP contribution in [0.5, 0.6) is 11.5 Å². The standard InChI is InChI=1S/C19H16F2O3/c1-23-16-8-9-17-13(11-16)4-5-14(18(17)22)10-12-2-6-15(7-3-12)24-19(20)21/h2-3,6-11,19H,4-5H2,1H3. The van der Waals surface area contributed by atoms with Crippen LogP contribution in [0.25, 0.3) is 6.08 Å². The van der Waals surface area contributed by atoms with E-state index in [1.54, 1.807) is 37.5 Å². The minimum absolute atomic E-state index is 0.00758. The number of Topliss-reactive ketones (excluding diaryl/α,β-unsaturated/α-hetero) is 1. The lowest BCUT2D eigenvalue weighted by atomic mass is 9.86. The first-order valence-corrected chi connectivity index (χ1v) is 7.54. The number of hydrogen-bond donors (Lipinski definition) is 0. The molecule has 5 heteroatoms. The summed E-state index contributed by atoms with van der Waals surface area (Å²) in [5.74, 6) is 0.829. The van der Waals surface area contributed by atoms with E-state index < -0.39 is 6.61 Å². The Hall–Kier alpha value is -2.69.